The SMILES string of the molecule is C[C@H]1CCCC2=C1[C@H](O)c1c(N)cccc1[C@@H]2O. The van der Waals surface area contributed by atoms with Crippen LogP contribution in [-0.4, -0.2) is 10.2 Å². The van der Waals surface area contributed by atoms with E-state index in [2.05, 4.69) is 6.92 Å². The summed E-state index contributed by atoms with van der Waals surface area (Å²) in [5.74, 6) is 0.325. The number of nitrogens with two attached hydrogens (primary N) is 1. The largest absolute Gasteiger partial charge is 0.398 e. The molecule has 1 aromatic rings. The lowest BCUT2D eigenvalue weighted by Crippen LogP contribution is -2.26. The first-order valence-electron chi connectivity index (χ1n) is 6.58. The van der Waals surface area contributed by atoms with Gasteiger partial charge in [-0.15, -0.1) is 0 Å². The second kappa shape index (κ2) is 4.11. The van der Waals surface area contributed by atoms with Crippen LogP contribution in [-0.2, 0) is 0 Å². The molecule has 0 spiro atoms. The van der Waals surface area contributed by atoms with Gasteiger partial charge in [-0.05, 0) is 48.0 Å². The minimum Gasteiger partial charge on any atom is -0.398 e. The molecule has 96 valence electrons. The third kappa shape index (κ3) is 1.51. The van der Waals surface area contributed by atoms with Crippen LogP contribution < -0.4 is 5.73 Å². The molecule has 0 unspecified atom stereocenters. The van der Waals surface area contributed by atoms with Crippen molar-refractivity contribution in [1.82, 2.24) is 0 Å². The van der Waals surface area contributed by atoms with Crippen LogP contribution in [0.3, 0.4) is 0 Å². The molecule has 0 bridgehead atoms. The van der Waals surface area contributed by atoms with Crippen LogP contribution in [0.25, 0.3) is 0 Å². The highest BCUT2D eigenvalue weighted by molar-refractivity contribution is 5.59. The zero-order chi connectivity index (χ0) is 12.9. The van der Waals surface area contributed by atoms with Crippen molar-refractivity contribution in [1.29, 1.82) is 0 Å². The summed E-state index contributed by atoms with van der Waals surface area (Å²) in [5, 5.41) is 21.1. The molecule has 0 aliphatic heterocycles. The molecule has 3 rings (SSSR count). The molecule has 2 aliphatic rings. The van der Waals surface area contributed by atoms with E-state index in [-0.39, 0.29) is 0 Å². The maximum absolute atomic E-state index is 10.6. The number of benzene rings is 1. The van der Waals surface area contributed by atoms with E-state index in [9.17, 15) is 10.2 Å². The van der Waals surface area contributed by atoms with Crippen molar-refractivity contribution in [3.8, 4) is 0 Å². The highest BCUT2D eigenvalue weighted by atomic mass is 16.3. The summed E-state index contributed by atoms with van der Waals surface area (Å²) >= 11 is 0. The number of anilines is 1. The third-order valence-electron chi connectivity index (χ3n) is 4.35. The fraction of sp³-hybridized carbons (Fsp3) is 0.467. The number of hydrogen-bond acceptors (Lipinski definition) is 3. The van der Waals surface area contributed by atoms with Gasteiger partial charge in [0, 0.05) is 11.3 Å². The molecule has 0 aromatic heterocycles. The monoisotopic (exact) mass is 245 g/mol. The van der Waals surface area contributed by atoms with Crippen LogP contribution in [0.1, 0.15) is 49.5 Å². The Morgan fingerprint density at radius 3 is 2.78 bits per heavy atom. The zero-order valence-corrected chi connectivity index (χ0v) is 10.6. The molecule has 0 radical (unpaired) electrons. The Morgan fingerprint density at radius 2 is 2.00 bits per heavy atom. The average Bonchev–Trinajstić information content (AvgIpc) is 2.35. The Bertz CT molecular complexity index is 521. The molecule has 3 nitrogen and oxygen atoms in total. The van der Waals surface area contributed by atoms with Crippen LogP contribution in [0, 0.1) is 5.92 Å². The van der Waals surface area contributed by atoms with E-state index in [1.807, 2.05) is 12.1 Å². The van der Waals surface area contributed by atoms with Crippen molar-refractivity contribution in [2.24, 2.45) is 5.92 Å². The van der Waals surface area contributed by atoms with Gasteiger partial charge in [0.1, 0.15) is 12.2 Å². The van der Waals surface area contributed by atoms with Gasteiger partial charge < -0.3 is 15.9 Å². The third-order valence-corrected chi connectivity index (χ3v) is 4.35. The highest BCUT2D eigenvalue weighted by Crippen LogP contribution is 2.49. The van der Waals surface area contributed by atoms with Gasteiger partial charge in [-0.25, -0.2) is 0 Å². The van der Waals surface area contributed by atoms with Gasteiger partial charge in [-0.3, -0.25) is 0 Å². The number of aliphatic hydroxyl groups excluding tert-OH is 2. The van der Waals surface area contributed by atoms with Gasteiger partial charge in [0.05, 0.1) is 0 Å². The number of rotatable bonds is 0. The second-order valence-electron chi connectivity index (χ2n) is 5.43. The molecule has 18 heavy (non-hydrogen) atoms. The van der Waals surface area contributed by atoms with E-state index in [0.29, 0.717) is 17.2 Å². The Labute approximate surface area is 107 Å². The lowest BCUT2D eigenvalue weighted by molar-refractivity contribution is 0.149. The van der Waals surface area contributed by atoms with Crippen molar-refractivity contribution < 1.29 is 10.2 Å². The van der Waals surface area contributed by atoms with E-state index in [1.54, 1.807) is 6.07 Å². The predicted molar refractivity (Wildman–Crippen MR) is 70.8 cm³/mol. The molecule has 0 amide bonds. The zero-order valence-electron chi connectivity index (χ0n) is 10.6. The molecular weight excluding hydrogens is 226 g/mol. The summed E-state index contributed by atoms with van der Waals surface area (Å²) in [5.41, 5.74) is 10.0. The van der Waals surface area contributed by atoms with Crippen LogP contribution in [0.5, 0.6) is 0 Å². The van der Waals surface area contributed by atoms with Crippen LogP contribution in [0.4, 0.5) is 5.69 Å². The second-order valence-corrected chi connectivity index (χ2v) is 5.43. The molecule has 4 N–H and O–H groups in total. The minimum atomic E-state index is -0.644. The minimum absolute atomic E-state index is 0.325. The average molecular weight is 245 g/mol. The van der Waals surface area contributed by atoms with Crippen molar-refractivity contribution >= 4 is 5.69 Å². The Morgan fingerprint density at radius 1 is 1.22 bits per heavy atom. The first kappa shape index (κ1) is 11.8. The highest BCUT2D eigenvalue weighted by Gasteiger charge is 2.37. The maximum Gasteiger partial charge on any atom is 0.103 e. The normalized spacial score (nSPS) is 30.9. The first-order valence-corrected chi connectivity index (χ1v) is 6.58. The Balaban J connectivity index is 2.20. The fourth-order valence-corrected chi connectivity index (χ4v) is 3.45. The molecule has 2 aliphatic carbocycles. The molecule has 0 fully saturated rings. The van der Waals surface area contributed by atoms with E-state index in [1.165, 1.54) is 0 Å². The number of nitrogen functional groups attached to an aromatic ring is 1. The van der Waals surface area contributed by atoms with E-state index >= 15 is 0 Å². The Kier molecular flexibility index (Phi) is 2.68. The molecular formula is C15H19NO2. The summed E-state index contributed by atoms with van der Waals surface area (Å²) in [4.78, 5) is 0. The summed E-state index contributed by atoms with van der Waals surface area (Å²) in [7, 11) is 0. The maximum atomic E-state index is 10.6. The van der Waals surface area contributed by atoms with E-state index < -0.39 is 12.2 Å². The summed E-state index contributed by atoms with van der Waals surface area (Å²) in [6.07, 6.45) is 1.80. The van der Waals surface area contributed by atoms with Crippen LogP contribution >= 0.6 is 0 Å². The quantitative estimate of drug-likeness (QED) is 0.486. The van der Waals surface area contributed by atoms with Gasteiger partial charge in [-0.1, -0.05) is 19.1 Å². The molecule has 0 saturated carbocycles. The number of aliphatic hydroxyl groups is 2. The molecule has 3 heteroatoms. The van der Waals surface area contributed by atoms with Crippen molar-refractivity contribution in [3.63, 3.8) is 0 Å². The van der Waals surface area contributed by atoms with Crippen molar-refractivity contribution in [3.05, 3.63) is 40.5 Å². The van der Waals surface area contributed by atoms with Gasteiger partial charge in [-0.2, -0.15) is 0 Å². The standard InChI is InChI=1S/C15H19NO2/c1-8-4-2-5-9-12(8)15(18)13-10(14(9)17)6-3-7-11(13)16/h3,6-8,14-15,17-18H,2,4-5,16H2,1H3/t8-,14+,15-/m0/s1. The molecule has 0 heterocycles. The predicted octanol–water partition coefficient (Wildman–Crippen LogP) is 2.47. The van der Waals surface area contributed by atoms with Crippen molar-refractivity contribution in [2.45, 2.75) is 38.4 Å². The molecule has 0 saturated heterocycles. The van der Waals surface area contributed by atoms with E-state index in [0.717, 1.165) is 36.0 Å². The Hall–Kier alpha value is -1.32. The van der Waals surface area contributed by atoms with Crippen molar-refractivity contribution in [2.75, 3.05) is 5.73 Å². The smallest absolute Gasteiger partial charge is 0.103 e. The fourth-order valence-electron chi connectivity index (χ4n) is 3.45. The summed E-state index contributed by atoms with van der Waals surface area (Å²) < 4.78 is 0. The first-order chi connectivity index (χ1) is 8.61. The van der Waals surface area contributed by atoms with Crippen LogP contribution in [0.15, 0.2) is 29.3 Å². The van der Waals surface area contributed by atoms with Crippen LogP contribution in [0.2, 0.25) is 0 Å². The summed E-state index contributed by atoms with van der Waals surface area (Å²) in [6.45, 7) is 2.12. The van der Waals surface area contributed by atoms with Gasteiger partial charge >= 0.3 is 0 Å². The number of fused-ring (bicyclic) bond motifs is 1. The number of hydrogen-bond donors (Lipinski definition) is 3. The van der Waals surface area contributed by atoms with Gasteiger partial charge in [0.25, 0.3) is 0 Å². The summed E-state index contributed by atoms with van der Waals surface area (Å²) in [6, 6.07) is 5.48. The van der Waals surface area contributed by atoms with Gasteiger partial charge in [0.2, 0.25) is 0 Å². The topological polar surface area (TPSA) is 66.5 Å². The lowest BCUT2D eigenvalue weighted by atomic mass is 9.71. The molecule has 1 aromatic carbocycles. The lowest BCUT2D eigenvalue weighted by Gasteiger charge is -2.38. The molecule has 3 atom stereocenters. The van der Waals surface area contributed by atoms with E-state index in [4.69, 9.17) is 5.73 Å². The van der Waals surface area contributed by atoms with Gasteiger partial charge in [0.15, 0.2) is 0 Å².